The van der Waals surface area contributed by atoms with Gasteiger partial charge in [-0.05, 0) is 29.8 Å². The van der Waals surface area contributed by atoms with Gasteiger partial charge in [0.05, 0.1) is 17.4 Å². The molecule has 0 aliphatic heterocycles. The molecule has 5 nitrogen and oxygen atoms in total. The maximum absolute atomic E-state index is 12.0. The lowest BCUT2D eigenvalue weighted by Gasteiger charge is -2.08. The van der Waals surface area contributed by atoms with Crippen molar-refractivity contribution in [1.82, 2.24) is 9.29 Å². The van der Waals surface area contributed by atoms with E-state index in [0.717, 1.165) is 5.56 Å². The van der Waals surface area contributed by atoms with Gasteiger partial charge >= 0.3 is 0 Å². The summed E-state index contributed by atoms with van der Waals surface area (Å²) in [5.74, 6) is 0. The van der Waals surface area contributed by atoms with Gasteiger partial charge in [0.2, 0.25) is 10.0 Å². The topological polar surface area (TPSA) is 74.9 Å². The van der Waals surface area contributed by atoms with Crippen molar-refractivity contribution in [2.75, 3.05) is 6.54 Å². The summed E-state index contributed by atoms with van der Waals surface area (Å²) in [6, 6.07) is 12.2. The average Bonchev–Trinajstić information content (AvgIpc) is 2.93. The van der Waals surface area contributed by atoms with E-state index < -0.39 is 10.0 Å². The molecule has 0 atom stereocenters. The molecular formula is C14H15N3O2S. The zero-order valence-electron chi connectivity index (χ0n) is 10.9. The molecule has 20 heavy (non-hydrogen) atoms. The van der Waals surface area contributed by atoms with Gasteiger partial charge in [-0.25, -0.2) is 13.1 Å². The Morgan fingerprint density at radius 3 is 2.40 bits per heavy atom. The predicted octanol–water partition coefficient (Wildman–Crippen LogP) is 1.53. The van der Waals surface area contributed by atoms with Crippen LogP contribution in [0.4, 0.5) is 0 Å². The zero-order chi connectivity index (χ0) is 14.4. The minimum absolute atomic E-state index is 0.215. The maximum Gasteiger partial charge on any atom is 0.240 e. The molecule has 0 radical (unpaired) electrons. The molecule has 1 aromatic heterocycles. The summed E-state index contributed by atoms with van der Waals surface area (Å²) in [5, 5.41) is 8.57. The Balaban J connectivity index is 1.97. The van der Waals surface area contributed by atoms with Crippen LogP contribution >= 0.6 is 0 Å². The Morgan fingerprint density at radius 1 is 1.15 bits per heavy atom. The van der Waals surface area contributed by atoms with Gasteiger partial charge in [0.1, 0.15) is 0 Å². The van der Waals surface area contributed by atoms with Crippen molar-refractivity contribution < 1.29 is 8.42 Å². The van der Waals surface area contributed by atoms with Crippen LogP contribution in [-0.2, 0) is 23.0 Å². The third-order valence-electron chi connectivity index (χ3n) is 2.85. The van der Waals surface area contributed by atoms with Gasteiger partial charge in [0, 0.05) is 25.5 Å². The molecular weight excluding hydrogens is 274 g/mol. The van der Waals surface area contributed by atoms with E-state index in [2.05, 4.69) is 4.72 Å². The minimum atomic E-state index is -3.49. The van der Waals surface area contributed by atoms with Gasteiger partial charge in [-0.15, -0.1) is 0 Å². The van der Waals surface area contributed by atoms with E-state index in [0.29, 0.717) is 13.1 Å². The van der Waals surface area contributed by atoms with Crippen LogP contribution in [0.5, 0.6) is 0 Å². The van der Waals surface area contributed by atoms with Crippen molar-refractivity contribution in [2.45, 2.75) is 17.9 Å². The Labute approximate surface area is 118 Å². The quantitative estimate of drug-likeness (QED) is 0.876. The SMILES string of the molecule is N#CCc1ccc(S(=O)(=O)NCCn2cccc2)cc1. The monoisotopic (exact) mass is 289 g/mol. The summed E-state index contributed by atoms with van der Waals surface area (Å²) >= 11 is 0. The Hall–Kier alpha value is -2.10. The standard InChI is InChI=1S/C14H15N3O2S/c15-8-7-13-3-5-14(6-4-13)20(18,19)16-9-12-17-10-1-2-11-17/h1-6,10-11,16H,7,9,12H2. The molecule has 0 bridgehead atoms. The van der Waals surface area contributed by atoms with E-state index in [1.165, 1.54) is 12.1 Å². The highest BCUT2D eigenvalue weighted by atomic mass is 32.2. The first-order valence-corrected chi connectivity index (χ1v) is 7.66. The summed E-state index contributed by atoms with van der Waals surface area (Å²) in [7, 11) is -3.49. The van der Waals surface area contributed by atoms with Crippen LogP contribution in [0.3, 0.4) is 0 Å². The van der Waals surface area contributed by atoms with Crippen LogP contribution < -0.4 is 4.72 Å². The van der Waals surface area contributed by atoms with E-state index in [9.17, 15) is 8.42 Å². The van der Waals surface area contributed by atoms with Crippen LogP contribution in [0.25, 0.3) is 0 Å². The highest BCUT2D eigenvalue weighted by molar-refractivity contribution is 7.89. The van der Waals surface area contributed by atoms with Gasteiger partial charge < -0.3 is 4.57 Å². The molecule has 1 N–H and O–H groups in total. The average molecular weight is 289 g/mol. The highest BCUT2D eigenvalue weighted by Crippen LogP contribution is 2.10. The van der Waals surface area contributed by atoms with E-state index in [4.69, 9.17) is 5.26 Å². The zero-order valence-corrected chi connectivity index (χ0v) is 11.7. The molecule has 2 rings (SSSR count). The lowest BCUT2D eigenvalue weighted by molar-refractivity contribution is 0.573. The third kappa shape index (κ3) is 3.70. The summed E-state index contributed by atoms with van der Waals surface area (Å²) in [6.45, 7) is 0.912. The normalized spacial score (nSPS) is 11.2. The fourth-order valence-electron chi connectivity index (χ4n) is 1.79. The fraction of sp³-hybridized carbons (Fsp3) is 0.214. The molecule has 0 aliphatic carbocycles. The molecule has 0 fully saturated rings. The van der Waals surface area contributed by atoms with Crippen molar-refractivity contribution in [3.8, 4) is 6.07 Å². The summed E-state index contributed by atoms with van der Waals surface area (Å²) in [4.78, 5) is 0.215. The molecule has 0 aliphatic rings. The minimum Gasteiger partial charge on any atom is -0.353 e. The van der Waals surface area contributed by atoms with Gasteiger partial charge in [-0.2, -0.15) is 5.26 Å². The van der Waals surface area contributed by atoms with Crippen molar-refractivity contribution in [1.29, 1.82) is 5.26 Å². The summed E-state index contributed by atoms with van der Waals surface area (Å²) < 4.78 is 28.5. The van der Waals surface area contributed by atoms with Crippen LogP contribution in [0.15, 0.2) is 53.7 Å². The molecule has 0 unspecified atom stereocenters. The Kier molecular flexibility index (Phi) is 4.56. The number of nitrogens with zero attached hydrogens (tertiary/aromatic N) is 2. The molecule has 0 amide bonds. The number of aromatic nitrogens is 1. The molecule has 0 spiro atoms. The van der Waals surface area contributed by atoms with Crippen LogP contribution in [-0.4, -0.2) is 19.5 Å². The molecule has 6 heteroatoms. The van der Waals surface area contributed by atoms with Crippen molar-refractivity contribution in [3.63, 3.8) is 0 Å². The van der Waals surface area contributed by atoms with E-state index >= 15 is 0 Å². The number of nitrogens with one attached hydrogen (secondary N) is 1. The van der Waals surface area contributed by atoms with Crippen molar-refractivity contribution in [3.05, 3.63) is 54.4 Å². The first-order chi connectivity index (χ1) is 9.62. The second kappa shape index (κ2) is 6.37. The van der Waals surface area contributed by atoms with Gasteiger partial charge in [0.25, 0.3) is 0 Å². The molecule has 1 heterocycles. The van der Waals surface area contributed by atoms with Gasteiger partial charge in [-0.3, -0.25) is 0 Å². The number of hydrogen-bond acceptors (Lipinski definition) is 3. The number of nitriles is 1. The number of hydrogen-bond donors (Lipinski definition) is 1. The van der Waals surface area contributed by atoms with E-state index in [1.54, 1.807) is 12.1 Å². The highest BCUT2D eigenvalue weighted by Gasteiger charge is 2.12. The number of benzene rings is 1. The van der Waals surface area contributed by atoms with Crippen LogP contribution in [0.1, 0.15) is 5.56 Å². The molecule has 0 saturated heterocycles. The van der Waals surface area contributed by atoms with Crippen LogP contribution in [0, 0.1) is 11.3 Å². The first kappa shape index (κ1) is 14.3. The second-order valence-electron chi connectivity index (χ2n) is 4.30. The molecule has 104 valence electrons. The number of rotatable bonds is 6. The largest absolute Gasteiger partial charge is 0.353 e. The van der Waals surface area contributed by atoms with E-state index in [1.807, 2.05) is 35.2 Å². The maximum atomic E-state index is 12.0. The fourth-order valence-corrected chi connectivity index (χ4v) is 2.81. The molecule has 1 aromatic carbocycles. The lowest BCUT2D eigenvalue weighted by Crippen LogP contribution is -2.27. The summed E-state index contributed by atoms with van der Waals surface area (Å²) in [5.41, 5.74) is 0.804. The predicted molar refractivity (Wildman–Crippen MR) is 75.4 cm³/mol. The summed E-state index contributed by atoms with van der Waals surface area (Å²) in [6.07, 6.45) is 4.04. The van der Waals surface area contributed by atoms with Gasteiger partial charge in [-0.1, -0.05) is 12.1 Å². The van der Waals surface area contributed by atoms with Gasteiger partial charge in [0.15, 0.2) is 0 Å². The third-order valence-corrected chi connectivity index (χ3v) is 4.32. The molecule has 2 aromatic rings. The lowest BCUT2D eigenvalue weighted by atomic mass is 10.2. The number of sulfonamides is 1. The Morgan fingerprint density at radius 2 is 1.80 bits per heavy atom. The Bertz CT molecular complexity index is 683. The smallest absolute Gasteiger partial charge is 0.240 e. The van der Waals surface area contributed by atoms with Crippen molar-refractivity contribution >= 4 is 10.0 Å². The first-order valence-electron chi connectivity index (χ1n) is 6.18. The van der Waals surface area contributed by atoms with Crippen molar-refractivity contribution in [2.24, 2.45) is 0 Å². The second-order valence-corrected chi connectivity index (χ2v) is 6.06. The van der Waals surface area contributed by atoms with Crippen LogP contribution in [0.2, 0.25) is 0 Å². The van der Waals surface area contributed by atoms with E-state index in [-0.39, 0.29) is 11.3 Å². The molecule has 0 saturated carbocycles.